The number of carbonyl (C=O) groups excluding carboxylic acids is 1. The zero-order chi connectivity index (χ0) is 12.3. The van der Waals surface area contributed by atoms with Gasteiger partial charge in [-0.05, 0) is 39.3 Å². The van der Waals surface area contributed by atoms with Crippen molar-refractivity contribution in [1.82, 2.24) is 15.1 Å². The fraction of sp³-hybridized carbons (Fsp3) is 0.923. The van der Waals surface area contributed by atoms with E-state index in [1.807, 2.05) is 0 Å². The Morgan fingerprint density at radius 1 is 1.41 bits per heavy atom. The predicted octanol–water partition coefficient (Wildman–Crippen LogP) is 0.539. The third kappa shape index (κ3) is 3.42. The number of piperazine rings is 1. The van der Waals surface area contributed by atoms with Gasteiger partial charge in [0.2, 0.25) is 5.91 Å². The molecule has 0 bridgehead atoms. The van der Waals surface area contributed by atoms with Gasteiger partial charge >= 0.3 is 0 Å². The lowest BCUT2D eigenvalue weighted by Gasteiger charge is -2.34. The van der Waals surface area contributed by atoms with Gasteiger partial charge in [0.1, 0.15) is 0 Å². The molecule has 0 aliphatic carbocycles. The van der Waals surface area contributed by atoms with Crippen molar-refractivity contribution in [2.24, 2.45) is 5.92 Å². The zero-order valence-electron chi connectivity index (χ0n) is 11.1. The molecule has 2 aliphatic rings. The van der Waals surface area contributed by atoms with E-state index in [0.717, 1.165) is 38.4 Å². The standard InChI is InChI=1S/C13H25N3O/c1-11-9-14-6-8-16(11)13(17)4-3-12-5-7-15(2)10-12/h11-12,14H,3-10H2,1-2H3. The number of likely N-dealkylation sites (tertiary alicyclic amines) is 1. The zero-order valence-corrected chi connectivity index (χ0v) is 11.1. The summed E-state index contributed by atoms with van der Waals surface area (Å²) < 4.78 is 0. The van der Waals surface area contributed by atoms with E-state index in [2.05, 4.69) is 29.1 Å². The molecule has 2 fully saturated rings. The van der Waals surface area contributed by atoms with E-state index in [9.17, 15) is 4.79 Å². The Morgan fingerprint density at radius 2 is 2.24 bits per heavy atom. The maximum absolute atomic E-state index is 12.1. The molecule has 0 radical (unpaired) electrons. The number of hydrogen-bond acceptors (Lipinski definition) is 3. The molecule has 2 atom stereocenters. The molecule has 0 aromatic heterocycles. The van der Waals surface area contributed by atoms with E-state index in [4.69, 9.17) is 0 Å². The Balaban J connectivity index is 1.73. The molecule has 17 heavy (non-hydrogen) atoms. The van der Waals surface area contributed by atoms with Gasteiger partial charge < -0.3 is 15.1 Å². The van der Waals surface area contributed by atoms with Crippen LogP contribution in [0.4, 0.5) is 0 Å². The minimum absolute atomic E-state index is 0.355. The van der Waals surface area contributed by atoms with Crippen LogP contribution in [0.25, 0.3) is 0 Å². The highest BCUT2D eigenvalue weighted by Gasteiger charge is 2.25. The number of hydrogen-bond donors (Lipinski definition) is 1. The molecule has 4 heteroatoms. The van der Waals surface area contributed by atoms with E-state index in [0.29, 0.717) is 11.9 Å². The molecule has 1 N–H and O–H groups in total. The number of rotatable bonds is 3. The lowest BCUT2D eigenvalue weighted by Crippen LogP contribution is -2.52. The first kappa shape index (κ1) is 12.8. The second kappa shape index (κ2) is 5.83. The van der Waals surface area contributed by atoms with Crippen molar-refractivity contribution in [3.05, 3.63) is 0 Å². The Hall–Kier alpha value is -0.610. The van der Waals surface area contributed by atoms with E-state index >= 15 is 0 Å². The molecule has 2 unspecified atom stereocenters. The Bertz CT molecular complexity index is 269. The van der Waals surface area contributed by atoms with Crippen LogP contribution in [0.1, 0.15) is 26.2 Å². The highest BCUT2D eigenvalue weighted by Crippen LogP contribution is 2.20. The summed E-state index contributed by atoms with van der Waals surface area (Å²) in [6.07, 6.45) is 3.07. The molecule has 2 rings (SSSR count). The largest absolute Gasteiger partial charge is 0.337 e. The molecular formula is C13H25N3O. The highest BCUT2D eigenvalue weighted by molar-refractivity contribution is 5.76. The minimum atomic E-state index is 0.355. The second-order valence-corrected chi connectivity index (χ2v) is 5.60. The van der Waals surface area contributed by atoms with Crippen LogP contribution in [-0.4, -0.2) is 61.5 Å². The normalized spacial score (nSPS) is 30.8. The molecule has 2 saturated heterocycles. The summed E-state index contributed by atoms with van der Waals surface area (Å²) in [5.74, 6) is 1.09. The first-order valence-corrected chi connectivity index (χ1v) is 6.85. The lowest BCUT2D eigenvalue weighted by molar-refractivity contribution is -0.134. The fourth-order valence-electron chi connectivity index (χ4n) is 2.94. The molecule has 0 spiro atoms. The third-order valence-corrected chi connectivity index (χ3v) is 4.08. The molecule has 2 heterocycles. The van der Waals surface area contributed by atoms with Crippen molar-refractivity contribution < 1.29 is 4.79 Å². The van der Waals surface area contributed by atoms with Gasteiger partial charge in [-0.25, -0.2) is 0 Å². The van der Waals surface area contributed by atoms with Crippen molar-refractivity contribution in [3.8, 4) is 0 Å². The predicted molar refractivity (Wildman–Crippen MR) is 68.9 cm³/mol. The van der Waals surface area contributed by atoms with Crippen LogP contribution in [0.5, 0.6) is 0 Å². The Morgan fingerprint density at radius 3 is 2.88 bits per heavy atom. The van der Waals surface area contributed by atoms with Crippen LogP contribution in [0.2, 0.25) is 0 Å². The van der Waals surface area contributed by atoms with Gasteiger partial charge in [-0.3, -0.25) is 4.79 Å². The van der Waals surface area contributed by atoms with Crippen molar-refractivity contribution in [2.45, 2.75) is 32.2 Å². The molecule has 0 aromatic rings. The molecule has 1 amide bonds. The monoisotopic (exact) mass is 239 g/mol. The molecule has 2 aliphatic heterocycles. The van der Waals surface area contributed by atoms with Crippen LogP contribution in [0.15, 0.2) is 0 Å². The van der Waals surface area contributed by atoms with Crippen molar-refractivity contribution in [2.75, 3.05) is 39.8 Å². The highest BCUT2D eigenvalue weighted by atomic mass is 16.2. The summed E-state index contributed by atoms with van der Waals surface area (Å²) in [4.78, 5) is 16.5. The molecule has 4 nitrogen and oxygen atoms in total. The van der Waals surface area contributed by atoms with Gasteiger partial charge in [-0.2, -0.15) is 0 Å². The summed E-state index contributed by atoms with van der Waals surface area (Å²) in [5.41, 5.74) is 0. The van der Waals surface area contributed by atoms with Crippen molar-refractivity contribution in [3.63, 3.8) is 0 Å². The third-order valence-electron chi connectivity index (χ3n) is 4.08. The molecular weight excluding hydrogens is 214 g/mol. The van der Waals surface area contributed by atoms with Crippen LogP contribution in [0.3, 0.4) is 0 Å². The van der Waals surface area contributed by atoms with E-state index < -0.39 is 0 Å². The summed E-state index contributed by atoms with van der Waals surface area (Å²) >= 11 is 0. The molecule has 0 aromatic carbocycles. The molecule has 0 saturated carbocycles. The minimum Gasteiger partial charge on any atom is -0.337 e. The first-order valence-electron chi connectivity index (χ1n) is 6.85. The SMILES string of the molecule is CC1CNCCN1C(=O)CCC1CCN(C)C1. The lowest BCUT2D eigenvalue weighted by atomic mass is 10.0. The van der Waals surface area contributed by atoms with E-state index in [-0.39, 0.29) is 0 Å². The van der Waals surface area contributed by atoms with Gasteiger partial charge in [-0.1, -0.05) is 0 Å². The summed E-state index contributed by atoms with van der Waals surface area (Å²) in [6, 6.07) is 0.363. The Kier molecular flexibility index (Phi) is 4.40. The maximum atomic E-state index is 12.1. The van der Waals surface area contributed by atoms with Gasteiger partial charge in [0, 0.05) is 38.6 Å². The van der Waals surface area contributed by atoms with Crippen LogP contribution < -0.4 is 5.32 Å². The summed E-state index contributed by atoms with van der Waals surface area (Å²) in [5, 5.41) is 3.32. The van der Waals surface area contributed by atoms with Gasteiger partial charge in [0.15, 0.2) is 0 Å². The molecule has 98 valence electrons. The van der Waals surface area contributed by atoms with Crippen molar-refractivity contribution >= 4 is 5.91 Å². The summed E-state index contributed by atoms with van der Waals surface area (Å²) in [7, 11) is 2.17. The summed E-state index contributed by atoms with van der Waals surface area (Å²) in [6.45, 7) is 7.27. The maximum Gasteiger partial charge on any atom is 0.222 e. The number of carbonyl (C=O) groups is 1. The van der Waals surface area contributed by atoms with Crippen LogP contribution in [-0.2, 0) is 4.79 Å². The first-order chi connectivity index (χ1) is 8.16. The Labute approximate surface area is 104 Å². The number of nitrogens with one attached hydrogen (secondary N) is 1. The number of nitrogens with zero attached hydrogens (tertiary/aromatic N) is 2. The fourth-order valence-corrected chi connectivity index (χ4v) is 2.94. The van der Waals surface area contributed by atoms with Gasteiger partial charge in [0.25, 0.3) is 0 Å². The average Bonchev–Trinajstić information content (AvgIpc) is 2.73. The van der Waals surface area contributed by atoms with E-state index in [1.54, 1.807) is 0 Å². The van der Waals surface area contributed by atoms with Gasteiger partial charge in [0.05, 0.1) is 0 Å². The van der Waals surface area contributed by atoms with Gasteiger partial charge in [-0.15, -0.1) is 0 Å². The second-order valence-electron chi connectivity index (χ2n) is 5.60. The quantitative estimate of drug-likeness (QED) is 0.781. The van der Waals surface area contributed by atoms with E-state index in [1.165, 1.54) is 19.5 Å². The average molecular weight is 239 g/mol. The van der Waals surface area contributed by atoms with Crippen molar-refractivity contribution in [1.29, 1.82) is 0 Å². The van der Waals surface area contributed by atoms with Crippen LogP contribution in [0, 0.1) is 5.92 Å². The smallest absolute Gasteiger partial charge is 0.222 e. The topological polar surface area (TPSA) is 35.6 Å². The van der Waals surface area contributed by atoms with Crippen LogP contribution >= 0.6 is 0 Å². The number of amides is 1.